The summed E-state index contributed by atoms with van der Waals surface area (Å²) < 4.78 is 0. The van der Waals surface area contributed by atoms with Gasteiger partial charge in [0.25, 0.3) is 0 Å². The van der Waals surface area contributed by atoms with E-state index in [0.717, 1.165) is 25.9 Å². The Morgan fingerprint density at radius 2 is 2.33 bits per heavy atom. The lowest BCUT2D eigenvalue weighted by Crippen LogP contribution is -2.48. The maximum atomic E-state index is 11.1. The summed E-state index contributed by atoms with van der Waals surface area (Å²) in [4.78, 5) is 13.0. The highest BCUT2D eigenvalue weighted by atomic mass is 16.2. The molecule has 0 aromatic rings. The number of hydrogen-bond donors (Lipinski definition) is 1. The smallest absolute Gasteiger partial charge is 0.219 e. The van der Waals surface area contributed by atoms with Gasteiger partial charge in [-0.2, -0.15) is 0 Å². The molecule has 1 fully saturated rings. The van der Waals surface area contributed by atoms with Crippen molar-refractivity contribution in [3.63, 3.8) is 0 Å². The van der Waals surface area contributed by atoms with E-state index in [1.54, 1.807) is 6.92 Å². The summed E-state index contributed by atoms with van der Waals surface area (Å²) in [5.74, 6) is 0.683. The molecule has 2 atom stereocenters. The molecule has 1 aliphatic heterocycles. The molecular weight excluding hydrogens is 152 g/mol. The van der Waals surface area contributed by atoms with Crippen LogP contribution in [0.3, 0.4) is 0 Å². The molecule has 70 valence electrons. The molecule has 0 aromatic heterocycles. The molecule has 1 saturated heterocycles. The predicted molar refractivity (Wildman–Crippen MR) is 48.6 cm³/mol. The molecule has 0 spiro atoms. The fourth-order valence-corrected chi connectivity index (χ4v) is 1.77. The van der Waals surface area contributed by atoms with Crippen LogP contribution in [0.15, 0.2) is 0 Å². The van der Waals surface area contributed by atoms with E-state index in [1.165, 1.54) is 0 Å². The molecule has 0 radical (unpaired) electrons. The first-order chi connectivity index (χ1) is 5.65. The number of carbonyl (C=O) groups is 1. The van der Waals surface area contributed by atoms with E-state index in [1.807, 2.05) is 4.90 Å². The van der Waals surface area contributed by atoms with Crippen molar-refractivity contribution >= 4 is 5.91 Å². The Hall–Kier alpha value is -0.570. The summed E-state index contributed by atoms with van der Waals surface area (Å²) in [6.07, 6.45) is 2.03. The minimum Gasteiger partial charge on any atom is -0.343 e. The molecule has 0 bridgehead atoms. The summed E-state index contributed by atoms with van der Waals surface area (Å²) in [7, 11) is 0. The van der Waals surface area contributed by atoms with Gasteiger partial charge >= 0.3 is 0 Å². The second-order valence-electron chi connectivity index (χ2n) is 3.59. The van der Waals surface area contributed by atoms with Crippen LogP contribution < -0.4 is 5.73 Å². The molecule has 1 amide bonds. The normalized spacial score (nSPS) is 30.4. The number of rotatable bonds is 1. The number of carbonyl (C=O) groups excluding carboxylic acids is 1. The molecule has 1 heterocycles. The number of hydrogen-bond acceptors (Lipinski definition) is 2. The molecule has 3 heteroatoms. The topological polar surface area (TPSA) is 46.3 Å². The first kappa shape index (κ1) is 9.52. The van der Waals surface area contributed by atoms with Crippen LogP contribution >= 0.6 is 0 Å². The summed E-state index contributed by atoms with van der Waals surface area (Å²) in [6.45, 7) is 5.46. The minimum atomic E-state index is 0.181. The molecule has 0 saturated carbocycles. The van der Waals surface area contributed by atoms with Crippen LogP contribution in [0.5, 0.6) is 0 Å². The molecule has 2 unspecified atom stereocenters. The van der Waals surface area contributed by atoms with Gasteiger partial charge in [-0.15, -0.1) is 0 Å². The lowest BCUT2D eigenvalue weighted by atomic mass is 9.91. The molecular formula is C9H18N2O. The van der Waals surface area contributed by atoms with E-state index in [-0.39, 0.29) is 5.91 Å². The van der Waals surface area contributed by atoms with Crippen LogP contribution in [0.2, 0.25) is 0 Å². The van der Waals surface area contributed by atoms with E-state index in [4.69, 9.17) is 5.73 Å². The zero-order valence-electron chi connectivity index (χ0n) is 7.92. The van der Waals surface area contributed by atoms with E-state index in [9.17, 15) is 4.79 Å². The van der Waals surface area contributed by atoms with Crippen LogP contribution in [-0.4, -0.2) is 29.9 Å². The van der Waals surface area contributed by atoms with Gasteiger partial charge in [-0.1, -0.05) is 13.3 Å². The fraction of sp³-hybridized carbons (Fsp3) is 0.889. The van der Waals surface area contributed by atoms with Crippen LogP contribution in [0.1, 0.15) is 26.7 Å². The van der Waals surface area contributed by atoms with E-state index in [2.05, 4.69) is 6.92 Å². The van der Waals surface area contributed by atoms with Crippen molar-refractivity contribution in [3.8, 4) is 0 Å². The van der Waals surface area contributed by atoms with Crippen LogP contribution in [-0.2, 0) is 4.79 Å². The Morgan fingerprint density at radius 1 is 1.67 bits per heavy atom. The van der Waals surface area contributed by atoms with Gasteiger partial charge in [-0.25, -0.2) is 0 Å². The highest BCUT2D eigenvalue weighted by Gasteiger charge is 2.26. The molecule has 0 aliphatic carbocycles. The maximum Gasteiger partial charge on any atom is 0.219 e. The number of likely N-dealkylation sites (tertiary alicyclic amines) is 1. The van der Waals surface area contributed by atoms with E-state index >= 15 is 0 Å². The summed E-state index contributed by atoms with van der Waals surface area (Å²) in [5.41, 5.74) is 5.91. The molecule has 12 heavy (non-hydrogen) atoms. The minimum absolute atomic E-state index is 0.181. The second-order valence-corrected chi connectivity index (χ2v) is 3.59. The predicted octanol–water partition coefficient (Wildman–Crippen LogP) is 0.592. The molecule has 3 nitrogen and oxygen atoms in total. The van der Waals surface area contributed by atoms with Gasteiger partial charge < -0.3 is 10.6 Å². The van der Waals surface area contributed by atoms with Crippen molar-refractivity contribution in [2.75, 3.05) is 13.1 Å². The monoisotopic (exact) mass is 170 g/mol. The Labute approximate surface area is 73.9 Å². The molecule has 1 aliphatic rings. The lowest BCUT2D eigenvalue weighted by molar-refractivity contribution is -0.130. The summed E-state index contributed by atoms with van der Waals surface area (Å²) in [5, 5.41) is 0. The highest BCUT2D eigenvalue weighted by molar-refractivity contribution is 5.73. The first-order valence-corrected chi connectivity index (χ1v) is 4.66. The first-order valence-electron chi connectivity index (χ1n) is 4.66. The molecule has 0 aromatic carbocycles. The van der Waals surface area contributed by atoms with Crippen molar-refractivity contribution in [1.82, 2.24) is 4.90 Å². The summed E-state index contributed by atoms with van der Waals surface area (Å²) in [6, 6.07) is 0.297. The SMILES string of the molecule is CCC1CN(C(C)=O)CCC1N. The molecule has 2 N–H and O–H groups in total. The van der Waals surface area contributed by atoms with Crippen molar-refractivity contribution in [3.05, 3.63) is 0 Å². The number of piperidine rings is 1. The van der Waals surface area contributed by atoms with Crippen LogP contribution in [0, 0.1) is 5.92 Å². The van der Waals surface area contributed by atoms with Gasteiger partial charge in [0.15, 0.2) is 0 Å². The summed E-state index contributed by atoms with van der Waals surface area (Å²) >= 11 is 0. The number of nitrogens with two attached hydrogens (primary N) is 1. The Kier molecular flexibility index (Phi) is 3.09. The Morgan fingerprint density at radius 3 is 2.83 bits per heavy atom. The van der Waals surface area contributed by atoms with Crippen LogP contribution in [0.25, 0.3) is 0 Å². The number of amides is 1. The average Bonchev–Trinajstić information content (AvgIpc) is 2.05. The van der Waals surface area contributed by atoms with Crippen LogP contribution in [0.4, 0.5) is 0 Å². The van der Waals surface area contributed by atoms with Crippen molar-refractivity contribution < 1.29 is 4.79 Å². The van der Waals surface area contributed by atoms with E-state index < -0.39 is 0 Å². The largest absolute Gasteiger partial charge is 0.343 e. The zero-order valence-corrected chi connectivity index (χ0v) is 7.92. The zero-order chi connectivity index (χ0) is 9.14. The highest BCUT2D eigenvalue weighted by Crippen LogP contribution is 2.18. The lowest BCUT2D eigenvalue weighted by Gasteiger charge is -2.35. The average molecular weight is 170 g/mol. The third-order valence-electron chi connectivity index (χ3n) is 2.76. The third kappa shape index (κ3) is 1.97. The second kappa shape index (κ2) is 3.90. The van der Waals surface area contributed by atoms with Crippen molar-refractivity contribution in [2.24, 2.45) is 11.7 Å². The van der Waals surface area contributed by atoms with Gasteiger partial charge in [0.1, 0.15) is 0 Å². The quantitative estimate of drug-likeness (QED) is 0.626. The fourth-order valence-electron chi connectivity index (χ4n) is 1.77. The molecule has 1 rings (SSSR count). The standard InChI is InChI=1S/C9H18N2O/c1-3-8-6-11(7(2)12)5-4-9(8)10/h8-9H,3-6,10H2,1-2H3. The van der Waals surface area contributed by atoms with Gasteiger partial charge in [0.05, 0.1) is 0 Å². The van der Waals surface area contributed by atoms with Gasteiger partial charge in [-0.05, 0) is 12.3 Å². The van der Waals surface area contributed by atoms with Gasteiger partial charge in [0.2, 0.25) is 5.91 Å². The Balaban J connectivity index is 2.49. The Bertz CT molecular complexity index is 170. The van der Waals surface area contributed by atoms with Gasteiger partial charge in [0, 0.05) is 26.1 Å². The maximum absolute atomic E-state index is 11.1. The number of nitrogens with zero attached hydrogens (tertiary/aromatic N) is 1. The van der Waals surface area contributed by atoms with Gasteiger partial charge in [-0.3, -0.25) is 4.79 Å². The van der Waals surface area contributed by atoms with Crippen molar-refractivity contribution in [2.45, 2.75) is 32.7 Å². The third-order valence-corrected chi connectivity index (χ3v) is 2.76. The van der Waals surface area contributed by atoms with Crippen molar-refractivity contribution in [1.29, 1.82) is 0 Å². The van der Waals surface area contributed by atoms with E-state index in [0.29, 0.717) is 12.0 Å².